The van der Waals surface area contributed by atoms with E-state index in [1.807, 2.05) is 19.9 Å². The van der Waals surface area contributed by atoms with Crippen LogP contribution >= 0.6 is 0 Å². The maximum atomic E-state index is 8.26. The summed E-state index contributed by atoms with van der Waals surface area (Å²) >= 11 is 0. The third-order valence-electron chi connectivity index (χ3n) is 0.816. The van der Waals surface area contributed by atoms with Gasteiger partial charge in [-0.15, -0.1) is 6.58 Å². The second-order valence-electron chi connectivity index (χ2n) is 1.51. The highest BCUT2D eigenvalue weighted by Gasteiger charge is 1.78. The predicted molar refractivity (Wildman–Crippen MR) is 42.5 cm³/mol. The lowest BCUT2D eigenvalue weighted by Gasteiger charge is -1.87. The molecular formula is C8H18O. The number of rotatable bonds is 4. The van der Waals surface area contributed by atoms with E-state index in [1.165, 1.54) is 0 Å². The van der Waals surface area contributed by atoms with E-state index in [0.29, 0.717) is 6.61 Å². The lowest BCUT2D eigenvalue weighted by Crippen LogP contribution is -1.79. The van der Waals surface area contributed by atoms with Gasteiger partial charge in [0.1, 0.15) is 0 Å². The Hall–Kier alpha value is -0.300. The number of allylic oxidation sites excluding steroid dienone is 1. The molecule has 0 saturated carbocycles. The first kappa shape index (κ1) is 11.5. The maximum Gasteiger partial charge on any atom is 0.0431 e. The molecule has 0 aromatic carbocycles. The van der Waals surface area contributed by atoms with Gasteiger partial charge in [-0.3, -0.25) is 0 Å². The molecule has 0 heterocycles. The monoisotopic (exact) mass is 130 g/mol. The van der Waals surface area contributed by atoms with E-state index in [-0.39, 0.29) is 0 Å². The first-order valence-corrected chi connectivity index (χ1v) is 3.63. The standard InChI is InChI=1S/C6H12O.C2H6/c1-2-3-4-5-6-7;1-2/h2,7H,1,3-6H2;1-2H3. The smallest absolute Gasteiger partial charge is 0.0431 e. The van der Waals surface area contributed by atoms with Crippen LogP contribution in [0.2, 0.25) is 0 Å². The van der Waals surface area contributed by atoms with Gasteiger partial charge in [-0.1, -0.05) is 19.9 Å². The lowest BCUT2D eigenvalue weighted by molar-refractivity contribution is 0.285. The molecule has 0 spiro atoms. The SMILES string of the molecule is C=CCCCCO.CC. The molecule has 0 fully saturated rings. The van der Waals surface area contributed by atoms with Gasteiger partial charge in [-0.25, -0.2) is 0 Å². The summed E-state index contributed by atoms with van der Waals surface area (Å²) in [6.45, 7) is 7.86. The van der Waals surface area contributed by atoms with E-state index in [4.69, 9.17) is 5.11 Å². The number of aliphatic hydroxyl groups excluding tert-OH is 1. The summed E-state index contributed by atoms with van der Waals surface area (Å²) in [4.78, 5) is 0. The molecule has 0 aromatic heterocycles. The van der Waals surface area contributed by atoms with Crippen LogP contribution in [0.1, 0.15) is 33.1 Å². The van der Waals surface area contributed by atoms with Gasteiger partial charge in [0.25, 0.3) is 0 Å². The first-order valence-electron chi connectivity index (χ1n) is 3.63. The quantitative estimate of drug-likeness (QED) is 0.457. The zero-order valence-corrected chi connectivity index (χ0v) is 6.56. The summed E-state index contributed by atoms with van der Waals surface area (Å²) in [6, 6.07) is 0. The summed E-state index contributed by atoms with van der Waals surface area (Å²) in [5.74, 6) is 0. The molecule has 0 rings (SSSR count). The van der Waals surface area contributed by atoms with Gasteiger partial charge in [-0.05, 0) is 19.3 Å². The molecule has 56 valence electrons. The van der Waals surface area contributed by atoms with Gasteiger partial charge >= 0.3 is 0 Å². The molecule has 0 aliphatic heterocycles. The summed E-state index contributed by atoms with van der Waals surface area (Å²) in [5.41, 5.74) is 0. The number of hydrogen-bond donors (Lipinski definition) is 1. The lowest BCUT2D eigenvalue weighted by atomic mass is 10.2. The van der Waals surface area contributed by atoms with Crippen molar-refractivity contribution in [3.8, 4) is 0 Å². The molecule has 0 atom stereocenters. The number of hydrogen-bond acceptors (Lipinski definition) is 1. The number of unbranched alkanes of at least 4 members (excludes halogenated alkanes) is 2. The second-order valence-corrected chi connectivity index (χ2v) is 1.51. The van der Waals surface area contributed by atoms with E-state index >= 15 is 0 Å². The minimum Gasteiger partial charge on any atom is -0.396 e. The Kier molecular flexibility index (Phi) is 20.0. The third-order valence-corrected chi connectivity index (χ3v) is 0.816. The summed E-state index contributed by atoms with van der Waals surface area (Å²) in [7, 11) is 0. The topological polar surface area (TPSA) is 20.2 Å². The molecule has 0 aliphatic rings. The average Bonchev–Trinajstić information content (AvgIpc) is 1.94. The molecule has 0 radical (unpaired) electrons. The minimum atomic E-state index is 0.313. The highest BCUT2D eigenvalue weighted by atomic mass is 16.2. The molecule has 1 N–H and O–H groups in total. The van der Waals surface area contributed by atoms with Crippen LogP contribution < -0.4 is 0 Å². The van der Waals surface area contributed by atoms with Gasteiger partial charge in [-0.2, -0.15) is 0 Å². The second kappa shape index (κ2) is 15.6. The van der Waals surface area contributed by atoms with Crippen LogP contribution in [0.4, 0.5) is 0 Å². The molecule has 0 aromatic rings. The van der Waals surface area contributed by atoms with E-state index in [0.717, 1.165) is 19.3 Å². The average molecular weight is 130 g/mol. The molecule has 0 amide bonds. The van der Waals surface area contributed by atoms with Crippen LogP contribution in [0.3, 0.4) is 0 Å². The van der Waals surface area contributed by atoms with Crippen molar-refractivity contribution >= 4 is 0 Å². The van der Waals surface area contributed by atoms with Crippen LogP contribution in [0.15, 0.2) is 12.7 Å². The van der Waals surface area contributed by atoms with Crippen molar-refractivity contribution in [2.24, 2.45) is 0 Å². The maximum absolute atomic E-state index is 8.26. The molecule has 0 aliphatic carbocycles. The van der Waals surface area contributed by atoms with Crippen molar-refractivity contribution < 1.29 is 5.11 Å². The predicted octanol–water partition coefficient (Wildman–Crippen LogP) is 2.36. The van der Waals surface area contributed by atoms with Gasteiger partial charge in [0.15, 0.2) is 0 Å². The minimum absolute atomic E-state index is 0.313. The fraction of sp³-hybridized carbons (Fsp3) is 0.750. The molecule has 1 heteroatoms. The highest BCUT2D eigenvalue weighted by Crippen LogP contribution is 1.92. The molecule has 9 heavy (non-hydrogen) atoms. The zero-order valence-electron chi connectivity index (χ0n) is 6.56. The van der Waals surface area contributed by atoms with Crippen molar-refractivity contribution in [3.63, 3.8) is 0 Å². The van der Waals surface area contributed by atoms with E-state index in [9.17, 15) is 0 Å². The van der Waals surface area contributed by atoms with Crippen LogP contribution in [0, 0.1) is 0 Å². The molecule has 0 unspecified atom stereocenters. The van der Waals surface area contributed by atoms with Gasteiger partial charge in [0.05, 0.1) is 0 Å². The van der Waals surface area contributed by atoms with Gasteiger partial charge in [0.2, 0.25) is 0 Å². The Morgan fingerprint density at radius 1 is 1.33 bits per heavy atom. The first-order chi connectivity index (χ1) is 4.41. The van der Waals surface area contributed by atoms with Crippen molar-refractivity contribution in [3.05, 3.63) is 12.7 Å². The van der Waals surface area contributed by atoms with E-state index < -0.39 is 0 Å². The van der Waals surface area contributed by atoms with Gasteiger partial charge in [0, 0.05) is 6.61 Å². The summed E-state index contributed by atoms with van der Waals surface area (Å²) < 4.78 is 0. The Bertz CT molecular complexity index is 41.8. The van der Waals surface area contributed by atoms with Crippen LogP contribution in [0.5, 0.6) is 0 Å². The Labute approximate surface area is 58.4 Å². The Balaban J connectivity index is 0. The van der Waals surface area contributed by atoms with Crippen LogP contribution in [-0.2, 0) is 0 Å². The van der Waals surface area contributed by atoms with Crippen molar-refractivity contribution in [2.75, 3.05) is 6.61 Å². The highest BCUT2D eigenvalue weighted by molar-refractivity contribution is 4.64. The van der Waals surface area contributed by atoms with E-state index in [1.54, 1.807) is 0 Å². The Morgan fingerprint density at radius 3 is 2.22 bits per heavy atom. The molecule has 0 saturated heterocycles. The number of aliphatic hydroxyl groups is 1. The molecule has 1 nitrogen and oxygen atoms in total. The fourth-order valence-electron chi connectivity index (χ4n) is 0.400. The van der Waals surface area contributed by atoms with Crippen molar-refractivity contribution in [1.82, 2.24) is 0 Å². The molecule has 0 bridgehead atoms. The van der Waals surface area contributed by atoms with Gasteiger partial charge < -0.3 is 5.11 Å². The molecular weight excluding hydrogens is 112 g/mol. The van der Waals surface area contributed by atoms with Crippen LogP contribution in [0.25, 0.3) is 0 Å². The zero-order chi connectivity index (χ0) is 7.54. The normalized spacial score (nSPS) is 7.44. The van der Waals surface area contributed by atoms with Crippen molar-refractivity contribution in [1.29, 1.82) is 0 Å². The third kappa shape index (κ3) is 18.3. The van der Waals surface area contributed by atoms with Crippen molar-refractivity contribution in [2.45, 2.75) is 33.1 Å². The Morgan fingerprint density at radius 2 is 1.89 bits per heavy atom. The van der Waals surface area contributed by atoms with E-state index in [2.05, 4.69) is 6.58 Å². The largest absolute Gasteiger partial charge is 0.396 e. The fourth-order valence-corrected chi connectivity index (χ4v) is 0.400. The van der Waals surface area contributed by atoms with Crippen LogP contribution in [-0.4, -0.2) is 11.7 Å². The summed E-state index contributed by atoms with van der Waals surface area (Å²) in [5, 5.41) is 8.26. The summed E-state index contributed by atoms with van der Waals surface area (Å²) in [6.07, 6.45) is 4.88.